The smallest absolute Gasteiger partial charge is 0.326 e. The number of hydrogen-bond acceptors (Lipinski definition) is 6. The van der Waals surface area contributed by atoms with Crippen LogP contribution < -0.4 is 11.1 Å². The molecular formula is C19H19N3O5S2. The summed E-state index contributed by atoms with van der Waals surface area (Å²) >= 11 is 6.32. The number of nitrogens with two attached hydrogens (primary N) is 1. The SMILES string of the molecule is NC(=O)C[C@@H](NC(=O)CCN1C(=O)/C(=C\C=C\c2ccccc2)SC1=S)C(=O)O. The first kappa shape index (κ1) is 22.3. The second-order valence-corrected chi connectivity index (χ2v) is 7.68. The van der Waals surface area contributed by atoms with Crippen molar-refractivity contribution in [1.82, 2.24) is 10.2 Å². The first-order chi connectivity index (χ1) is 13.8. The van der Waals surface area contributed by atoms with Crippen LogP contribution in [0.2, 0.25) is 0 Å². The highest BCUT2D eigenvalue weighted by Gasteiger charge is 2.32. The van der Waals surface area contributed by atoms with Gasteiger partial charge in [0.05, 0.1) is 11.3 Å². The van der Waals surface area contributed by atoms with Crippen LogP contribution in [0.3, 0.4) is 0 Å². The molecule has 0 unspecified atom stereocenters. The van der Waals surface area contributed by atoms with Gasteiger partial charge >= 0.3 is 5.97 Å². The van der Waals surface area contributed by atoms with Gasteiger partial charge in [-0.25, -0.2) is 4.79 Å². The number of carboxylic acid groups (broad SMARTS) is 1. The summed E-state index contributed by atoms with van der Waals surface area (Å²) < 4.78 is 0.314. The molecule has 1 saturated heterocycles. The average Bonchev–Trinajstić information content (AvgIpc) is 2.93. The number of rotatable bonds is 9. The average molecular weight is 434 g/mol. The summed E-state index contributed by atoms with van der Waals surface area (Å²) in [6, 6.07) is 8.17. The van der Waals surface area contributed by atoms with Crippen LogP contribution >= 0.6 is 24.0 Å². The van der Waals surface area contributed by atoms with Gasteiger partial charge in [-0.2, -0.15) is 0 Å². The van der Waals surface area contributed by atoms with E-state index in [1.165, 1.54) is 4.90 Å². The van der Waals surface area contributed by atoms with Crippen LogP contribution in [0.15, 0.2) is 47.4 Å². The highest BCUT2D eigenvalue weighted by Crippen LogP contribution is 2.31. The molecule has 1 aromatic carbocycles. The molecule has 3 amide bonds. The maximum atomic E-state index is 12.5. The molecule has 1 fully saturated rings. The number of nitrogens with one attached hydrogen (secondary N) is 1. The van der Waals surface area contributed by atoms with E-state index in [4.69, 9.17) is 23.1 Å². The van der Waals surface area contributed by atoms with E-state index in [1.807, 2.05) is 36.4 Å². The minimum absolute atomic E-state index is 0.000843. The predicted molar refractivity (Wildman–Crippen MR) is 113 cm³/mol. The Hall–Kier alpha value is -2.98. The standard InChI is InChI=1S/C19H19N3O5S2/c20-15(23)11-13(18(26)27)21-16(24)9-10-22-17(25)14(29-19(22)28)8-4-7-12-5-2-1-3-6-12/h1-8,13H,9-11H2,(H2,20,23)(H,21,24)(H,26,27)/b7-4+,14-8+/t13-/m1/s1. The summed E-state index contributed by atoms with van der Waals surface area (Å²) in [5, 5.41) is 11.2. The van der Waals surface area contributed by atoms with Crippen molar-refractivity contribution in [3.63, 3.8) is 0 Å². The van der Waals surface area contributed by atoms with Gasteiger partial charge in [-0.3, -0.25) is 19.3 Å². The Labute approximate surface area is 176 Å². The van der Waals surface area contributed by atoms with E-state index in [9.17, 15) is 19.2 Å². The molecule has 0 bridgehead atoms. The maximum Gasteiger partial charge on any atom is 0.326 e. The lowest BCUT2D eigenvalue weighted by Crippen LogP contribution is -2.44. The third-order valence-electron chi connectivity index (χ3n) is 3.81. The molecule has 152 valence electrons. The number of carboxylic acids is 1. The molecule has 1 aromatic rings. The van der Waals surface area contributed by atoms with Crippen molar-refractivity contribution in [1.29, 1.82) is 0 Å². The molecule has 1 heterocycles. The van der Waals surface area contributed by atoms with Crippen molar-refractivity contribution in [2.45, 2.75) is 18.9 Å². The number of carbonyl (C=O) groups excluding carboxylic acids is 3. The van der Waals surface area contributed by atoms with Gasteiger partial charge in [0.15, 0.2) is 0 Å². The molecule has 0 saturated carbocycles. The van der Waals surface area contributed by atoms with Crippen LogP contribution in [0.1, 0.15) is 18.4 Å². The molecule has 4 N–H and O–H groups in total. The van der Waals surface area contributed by atoms with Gasteiger partial charge in [-0.1, -0.05) is 66.5 Å². The molecule has 2 rings (SSSR count). The van der Waals surface area contributed by atoms with Gasteiger partial charge in [0.25, 0.3) is 5.91 Å². The fourth-order valence-electron chi connectivity index (χ4n) is 2.40. The molecule has 0 aromatic heterocycles. The van der Waals surface area contributed by atoms with Gasteiger partial charge < -0.3 is 16.2 Å². The van der Waals surface area contributed by atoms with Gasteiger partial charge in [-0.05, 0) is 11.6 Å². The van der Waals surface area contributed by atoms with Crippen LogP contribution in [0.5, 0.6) is 0 Å². The number of benzene rings is 1. The number of carbonyl (C=O) groups is 4. The highest BCUT2D eigenvalue weighted by molar-refractivity contribution is 8.26. The number of thioether (sulfide) groups is 1. The zero-order valence-electron chi connectivity index (χ0n) is 15.2. The lowest BCUT2D eigenvalue weighted by Gasteiger charge is -2.16. The van der Waals surface area contributed by atoms with Gasteiger partial charge in [0, 0.05) is 13.0 Å². The Kier molecular flexibility index (Phi) is 8.10. The van der Waals surface area contributed by atoms with E-state index in [1.54, 1.807) is 12.2 Å². The van der Waals surface area contributed by atoms with Crippen LogP contribution in [0.4, 0.5) is 0 Å². The van der Waals surface area contributed by atoms with Crippen molar-refractivity contribution < 1.29 is 24.3 Å². The third-order valence-corrected chi connectivity index (χ3v) is 5.21. The zero-order valence-corrected chi connectivity index (χ0v) is 16.9. The maximum absolute atomic E-state index is 12.5. The van der Waals surface area contributed by atoms with Gasteiger partial charge in [-0.15, -0.1) is 0 Å². The van der Waals surface area contributed by atoms with E-state index in [2.05, 4.69) is 5.32 Å². The Morgan fingerprint density at radius 3 is 2.59 bits per heavy atom. The molecule has 10 heteroatoms. The number of aliphatic carboxylic acids is 1. The second-order valence-electron chi connectivity index (χ2n) is 6.00. The molecule has 1 aliphatic heterocycles. The van der Waals surface area contributed by atoms with E-state index < -0.39 is 30.2 Å². The normalized spacial score (nSPS) is 16.4. The fourth-order valence-corrected chi connectivity index (χ4v) is 3.66. The summed E-state index contributed by atoms with van der Waals surface area (Å²) in [6.07, 6.45) is 4.57. The van der Waals surface area contributed by atoms with E-state index in [0.29, 0.717) is 9.23 Å². The molecule has 0 aliphatic carbocycles. The van der Waals surface area contributed by atoms with E-state index in [-0.39, 0.29) is 18.9 Å². The number of primary amides is 1. The zero-order chi connectivity index (χ0) is 21.4. The predicted octanol–water partition coefficient (Wildman–Crippen LogP) is 1.28. The molecule has 0 radical (unpaired) electrons. The Bertz CT molecular complexity index is 883. The minimum Gasteiger partial charge on any atom is -0.480 e. The first-order valence-corrected chi connectivity index (χ1v) is 9.78. The molecule has 29 heavy (non-hydrogen) atoms. The topological polar surface area (TPSA) is 130 Å². The van der Waals surface area contributed by atoms with Gasteiger partial charge in [0.1, 0.15) is 10.4 Å². The molecule has 0 spiro atoms. The van der Waals surface area contributed by atoms with Crippen molar-refractivity contribution >= 4 is 58.1 Å². The molecular weight excluding hydrogens is 414 g/mol. The van der Waals surface area contributed by atoms with Crippen molar-refractivity contribution in [3.8, 4) is 0 Å². The first-order valence-electron chi connectivity index (χ1n) is 8.55. The van der Waals surface area contributed by atoms with Crippen molar-refractivity contribution in [3.05, 3.63) is 53.0 Å². The number of nitrogens with zero attached hydrogens (tertiary/aromatic N) is 1. The molecule has 1 atom stereocenters. The number of amides is 3. The lowest BCUT2D eigenvalue weighted by atomic mass is 10.2. The van der Waals surface area contributed by atoms with Crippen molar-refractivity contribution in [2.24, 2.45) is 5.73 Å². The Morgan fingerprint density at radius 1 is 1.28 bits per heavy atom. The third kappa shape index (κ3) is 6.84. The van der Waals surface area contributed by atoms with Crippen LogP contribution in [0.25, 0.3) is 6.08 Å². The van der Waals surface area contributed by atoms with Crippen LogP contribution in [0, 0.1) is 0 Å². The Balaban J connectivity index is 1.92. The minimum atomic E-state index is -1.41. The monoisotopic (exact) mass is 433 g/mol. The fraction of sp³-hybridized carbons (Fsp3) is 0.211. The van der Waals surface area contributed by atoms with Crippen molar-refractivity contribution in [2.75, 3.05) is 6.54 Å². The van der Waals surface area contributed by atoms with Crippen LogP contribution in [-0.4, -0.2) is 50.6 Å². The molecule has 8 nitrogen and oxygen atoms in total. The summed E-state index contributed by atoms with van der Waals surface area (Å²) in [6.45, 7) is -0.000843. The van der Waals surface area contributed by atoms with Gasteiger partial charge in [0.2, 0.25) is 11.8 Å². The number of hydrogen-bond donors (Lipinski definition) is 3. The summed E-state index contributed by atoms with van der Waals surface area (Å²) in [5.41, 5.74) is 5.96. The van der Waals surface area contributed by atoms with Crippen LogP contribution in [-0.2, 0) is 19.2 Å². The quantitative estimate of drug-likeness (QED) is 0.395. The second kappa shape index (κ2) is 10.5. The Morgan fingerprint density at radius 2 is 1.97 bits per heavy atom. The summed E-state index contributed by atoms with van der Waals surface area (Å²) in [5.74, 6) is -3.16. The number of thiocarbonyl (C=S) groups is 1. The molecule has 1 aliphatic rings. The highest BCUT2D eigenvalue weighted by atomic mass is 32.2. The number of allylic oxidation sites excluding steroid dienone is 2. The summed E-state index contributed by atoms with van der Waals surface area (Å²) in [7, 11) is 0. The summed E-state index contributed by atoms with van der Waals surface area (Å²) in [4.78, 5) is 48.1. The largest absolute Gasteiger partial charge is 0.480 e. The lowest BCUT2D eigenvalue weighted by molar-refractivity contribution is -0.143. The van der Waals surface area contributed by atoms with E-state index >= 15 is 0 Å². The van der Waals surface area contributed by atoms with E-state index in [0.717, 1.165) is 17.3 Å².